The van der Waals surface area contributed by atoms with Gasteiger partial charge in [0, 0.05) is 18.5 Å². The lowest BCUT2D eigenvalue weighted by molar-refractivity contribution is -0.129. The number of hydrogen-bond acceptors (Lipinski definition) is 6. The van der Waals surface area contributed by atoms with Crippen LogP contribution in [0.3, 0.4) is 0 Å². The first kappa shape index (κ1) is 18.1. The van der Waals surface area contributed by atoms with E-state index >= 15 is 0 Å². The van der Waals surface area contributed by atoms with Gasteiger partial charge in [-0.2, -0.15) is 4.31 Å². The van der Waals surface area contributed by atoms with E-state index in [0.717, 1.165) is 24.2 Å². The van der Waals surface area contributed by atoms with Crippen molar-refractivity contribution >= 4 is 33.1 Å². The molecule has 128 valence electrons. The van der Waals surface area contributed by atoms with E-state index in [9.17, 15) is 18.0 Å². The molecule has 0 aromatic carbocycles. The van der Waals surface area contributed by atoms with Crippen molar-refractivity contribution in [3.05, 3.63) is 16.3 Å². The fourth-order valence-electron chi connectivity index (χ4n) is 2.13. The zero-order valence-electron chi connectivity index (χ0n) is 13.5. The molecule has 6 nitrogen and oxygen atoms in total. The number of hydrogen-bond donors (Lipinski definition) is 0. The van der Waals surface area contributed by atoms with E-state index in [-0.39, 0.29) is 22.2 Å². The quantitative estimate of drug-likeness (QED) is 0.754. The summed E-state index contributed by atoms with van der Waals surface area (Å²) in [6.07, 6.45) is 1.65. The van der Waals surface area contributed by atoms with Crippen LogP contribution in [0.4, 0.5) is 0 Å². The Morgan fingerprint density at radius 2 is 1.87 bits per heavy atom. The van der Waals surface area contributed by atoms with Crippen LogP contribution >= 0.6 is 11.3 Å². The molecule has 1 aliphatic heterocycles. The molecule has 0 bridgehead atoms. The van der Waals surface area contributed by atoms with Crippen molar-refractivity contribution in [3.63, 3.8) is 0 Å². The molecule has 2 heterocycles. The van der Waals surface area contributed by atoms with Crippen molar-refractivity contribution in [2.45, 2.75) is 38.5 Å². The number of ether oxygens (including phenoxy) is 1. The SMILES string of the molecule is CC(C)(C)C(=O)COC(=O)c1sccc1S(=O)(=O)N1CCCC1. The van der Waals surface area contributed by atoms with Crippen molar-refractivity contribution in [2.24, 2.45) is 5.41 Å². The van der Waals surface area contributed by atoms with Crippen LogP contribution in [0.2, 0.25) is 0 Å². The zero-order chi connectivity index (χ0) is 17.3. The van der Waals surface area contributed by atoms with Crippen molar-refractivity contribution in [2.75, 3.05) is 19.7 Å². The van der Waals surface area contributed by atoms with E-state index in [0.29, 0.717) is 13.1 Å². The second-order valence-corrected chi connectivity index (χ2v) is 9.30. The fraction of sp³-hybridized carbons (Fsp3) is 0.600. The predicted octanol–water partition coefficient (Wildman–Crippen LogP) is 2.30. The molecule has 0 saturated carbocycles. The molecular weight excluding hydrogens is 338 g/mol. The van der Waals surface area contributed by atoms with Gasteiger partial charge in [0.25, 0.3) is 0 Å². The molecule has 1 aromatic heterocycles. The van der Waals surface area contributed by atoms with Gasteiger partial charge in [-0.25, -0.2) is 13.2 Å². The summed E-state index contributed by atoms with van der Waals surface area (Å²) in [6, 6.07) is 1.42. The minimum Gasteiger partial charge on any atom is -0.453 e. The summed E-state index contributed by atoms with van der Waals surface area (Å²) in [4.78, 5) is 24.0. The molecule has 1 aliphatic rings. The van der Waals surface area contributed by atoms with E-state index in [1.165, 1.54) is 10.4 Å². The Hall–Kier alpha value is -1.25. The summed E-state index contributed by atoms with van der Waals surface area (Å²) in [6.45, 7) is 5.78. The lowest BCUT2D eigenvalue weighted by atomic mass is 9.91. The minimum atomic E-state index is -3.68. The topological polar surface area (TPSA) is 80.8 Å². The monoisotopic (exact) mass is 359 g/mol. The molecular formula is C15H21NO5S2. The van der Waals surface area contributed by atoms with Gasteiger partial charge < -0.3 is 4.74 Å². The largest absolute Gasteiger partial charge is 0.453 e. The number of carbonyl (C=O) groups is 2. The van der Waals surface area contributed by atoms with Gasteiger partial charge in [0.1, 0.15) is 9.77 Å². The Kier molecular flexibility index (Phi) is 5.27. The highest BCUT2D eigenvalue weighted by atomic mass is 32.2. The third-order valence-corrected chi connectivity index (χ3v) is 6.63. The smallest absolute Gasteiger partial charge is 0.350 e. The van der Waals surface area contributed by atoms with Gasteiger partial charge in [0.2, 0.25) is 10.0 Å². The van der Waals surface area contributed by atoms with Crippen molar-refractivity contribution in [1.82, 2.24) is 4.31 Å². The van der Waals surface area contributed by atoms with Crippen LogP contribution in [-0.2, 0) is 19.6 Å². The average Bonchev–Trinajstić information content (AvgIpc) is 3.13. The maximum absolute atomic E-state index is 12.6. The molecule has 0 aliphatic carbocycles. The Bertz CT molecular complexity index is 694. The first-order valence-corrected chi connectivity index (χ1v) is 9.74. The van der Waals surface area contributed by atoms with Crippen LogP contribution < -0.4 is 0 Å². The van der Waals surface area contributed by atoms with Crippen molar-refractivity contribution in [3.8, 4) is 0 Å². The second kappa shape index (κ2) is 6.70. The highest BCUT2D eigenvalue weighted by molar-refractivity contribution is 7.89. The molecule has 0 atom stereocenters. The van der Waals surface area contributed by atoms with Gasteiger partial charge in [-0.15, -0.1) is 11.3 Å². The van der Waals surface area contributed by atoms with Gasteiger partial charge in [-0.3, -0.25) is 4.79 Å². The van der Waals surface area contributed by atoms with Crippen molar-refractivity contribution < 1.29 is 22.7 Å². The Labute approximate surface area is 140 Å². The average molecular weight is 359 g/mol. The Morgan fingerprint density at radius 3 is 2.43 bits per heavy atom. The molecule has 1 aromatic rings. The number of Topliss-reactive ketones (excluding diaryl/α,β-unsaturated/α-hetero) is 1. The minimum absolute atomic E-state index is 0.0265. The summed E-state index contributed by atoms with van der Waals surface area (Å²) >= 11 is 1.01. The van der Waals surface area contributed by atoms with Crippen LogP contribution in [0.15, 0.2) is 16.3 Å². The molecule has 0 N–H and O–H groups in total. The predicted molar refractivity (Wildman–Crippen MR) is 87.1 cm³/mol. The molecule has 0 unspecified atom stereocenters. The third kappa shape index (κ3) is 3.99. The molecule has 1 saturated heterocycles. The van der Waals surface area contributed by atoms with E-state index < -0.39 is 21.4 Å². The van der Waals surface area contributed by atoms with E-state index in [2.05, 4.69) is 0 Å². The number of carbonyl (C=O) groups excluding carboxylic acids is 2. The van der Waals surface area contributed by atoms with Crippen LogP contribution in [-0.4, -0.2) is 44.2 Å². The van der Waals surface area contributed by atoms with Gasteiger partial charge in [0.15, 0.2) is 12.4 Å². The number of thiophene rings is 1. The van der Waals surface area contributed by atoms with Crippen LogP contribution in [0.1, 0.15) is 43.3 Å². The molecule has 0 spiro atoms. The van der Waals surface area contributed by atoms with E-state index in [4.69, 9.17) is 4.74 Å². The Morgan fingerprint density at radius 1 is 1.26 bits per heavy atom. The highest BCUT2D eigenvalue weighted by Crippen LogP contribution is 2.28. The van der Waals surface area contributed by atoms with Crippen LogP contribution in [0, 0.1) is 5.41 Å². The summed E-state index contributed by atoms with van der Waals surface area (Å²) in [7, 11) is -3.68. The number of nitrogens with zero attached hydrogens (tertiary/aromatic N) is 1. The first-order chi connectivity index (χ1) is 10.6. The molecule has 2 rings (SSSR count). The molecule has 1 fully saturated rings. The first-order valence-electron chi connectivity index (χ1n) is 7.42. The van der Waals surface area contributed by atoms with Gasteiger partial charge in [0.05, 0.1) is 0 Å². The lowest BCUT2D eigenvalue weighted by Gasteiger charge is -2.17. The van der Waals surface area contributed by atoms with Gasteiger partial charge in [-0.1, -0.05) is 20.8 Å². The summed E-state index contributed by atoms with van der Waals surface area (Å²) in [5.74, 6) is -0.985. The van der Waals surface area contributed by atoms with Gasteiger partial charge in [-0.05, 0) is 24.3 Å². The standard InChI is InChI=1S/C15H21NO5S2/c1-15(2,3)12(17)10-21-14(18)13-11(6-9-22-13)23(19,20)16-7-4-5-8-16/h6,9H,4-5,7-8,10H2,1-3H3. The molecule has 23 heavy (non-hydrogen) atoms. The normalized spacial score (nSPS) is 16.5. The summed E-state index contributed by atoms with van der Waals surface area (Å²) in [5.41, 5.74) is -0.611. The maximum atomic E-state index is 12.6. The number of ketones is 1. The third-order valence-electron chi connectivity index (χ3n) is 3.67. The lowest BCUT2D eigenvalue weighted by Crippen LogP contribution is -2.29. The fourth-order valence-corrected chi connectivity index (χ4v) is 4.93. The summed E-state index contributed by atoms with van der Waals surface area (Å²) < 4.78 is 31.5. The molecule has 0 radical (unpaired) electrons. The number of rotatable bonds is 5. The molecule has 0 amide bonds. The van der Waals surface area contributed by atoms with Gasteiger partial charge >= 0.3 is 5.97 Å². The maximum Gasteiger partial charge on any atom is 0.350 e. The van der Waals surface area contributed by atoms with E-state index in [1.54, 1.807) is 26.2 Å². The Balaban J connectivity index is 2.14. The highest BCUT2D eigenvalue weighted by Gasteiger charge is 2.33. The molecule has 8 heteroatoms. The number of sulfonamides is 1. The summed E-state index contributed by atoms with van der Waals surface area (Å²) in [5, 5.41) is 1.55. The zero-order valence-corrected chi connectivity index (χ0v) is 15.1. The van der Waals surface area contributed by atoms with Crippen molar-refractivity contribution in [1.29, 1.82) is 0 Å². The van der Waals surface area contributed by atoms with Crippen LogP contribution in [0.5, 0.6) is 0 Å². The van der Waals surface area contributed by atoms with E-state index in [1.807, 2.05) is 0 Å². The van der Waals surface area contributed by atoms with Crippen LogP contribution in [0.25, 0.3) is 0 Å². The number of esters is 1. The second-order valence-electron chi connectivity index (χ2n) is 6.47.